The molecule has 8 nitrogen and oxygen atoms in total. The van der Waals surface area contributed by atoms with Gasteiger partial charge in [-0.3, -0.25) is 23.7 Å². The lowest BCUT2D eigenvalue weighted by atomic mass is 10.2. The molecule has 0 spiro atoms. The third kappa shape index (κ3) is 4.64. The lowest BCUT2D eigenvalue weighted by Gasteiger charge is -2.12. The number of carbonyl (C=O) groups is 2. The van der Waals surface area contributed by atoms with Gasteiger partial charge in [-0.15, -0.1) is 0 Å². The predicted molar refractivity (Wildman–Crippen MR) is 125 cm³/mol. The number of benzene rings is 1. The fourth-order valence-electron chi connectivity index (χ4n) is 3.14. The summed E-state index contributed by atoms with van der Waals surface area (Å²) in [4.78, 5) is 42.8. The first-order valence-electron chi connectivity index (χ1n) is 9.67. The molecule has 33 heavy (non-hydrogen) atoms. The van der Waals surface area contributed by atoms with E-state index in [1.807, 2.05) is 0 Å². The van der Waals surface area contributed by atoms with Crippen LogP contribution in [0.1, 0.15) is 17.5 Å². The molecule has 0 atom stereocenters. The van der Waals surface area contributed by atoms with Crippen molar-refractivity contribution in [3.63, 3.8) is 0 Å². The molecule has 11 heteroatoms. The number of hydrogen-bond donors (Lipinski definition) is 1. The molecule has 0 aliphatic carbocycles. The van der Waals surface area contributed by atoms with Crippen LogP contribution in [0.2, 0.25) is 0 Å². The number of carboxylic acid groups (broad SMARTS) is 1. The number of thiocarbonyl (C=S) groups is 1. The lowest BCUT2D eigenvalue weighted by Crippen LogP contribution is -2.30. The molecular formula is C22H16FN3O5S2. The molecule has 3 heterocycles. The fraction of sp³-hybridized carbons (Fsp3) is 0.136. The number of nitrogens with zero attached hydrogens (tertiary/aromatic N) is 3. The first-order valence-corrected chi connectivity index (χ1v) is 10.9. The molecule has 4 rings (SSSR count). The minimum atomic E-state index is -1.06. The summed E-state index contributed by atoms with van der Waals surface area (Å²) in [5.41, 5.74) is 0.619. The van der Waals surface area contributed by atoms with Gasteiger partial charge >= 0.3 is 5.97 Å². The van der Waals surface area contributed by atoms with Gasteiger partial charge in [-0.05, 0) is 48.9 Å². The summed E-state index contributed by atoms with van der Waals surface area (Å²) in [6, 6.07) is 8.69. The summed E-state index contributed by atoms with van der Waals surface area (Å²) in [5, 5.41) is 8.91. The predicted octanol–water partition coefficient (Wildman–Crippen LogP) is 3.61. The Morgan fingerprint density at radius 3 is 2.70 bits per heavy atom. The first-order chi connectivity index (χ1) is 15.7. The highest BCUT2D eigenvalue weighted by Crippen LogP contribution is 2.34. The molecule has 168 valence electrons. The number of hydrogen-bond acceptors (Lipinski definition) is 7. The zero-order chi connectivity index (χ0) is 23.7. The Morgan fingerprint density at radius 1 is 1.27 bits per heavy atom. The number of fused-ring (bicyclic) bond motifs is 1. The highest BCUT2D eigenvalue weighted by Gasteiger charge is 2.33. The van der Waals surface area contributed by atoms with Crippen LogP contribution in [0, 0.1) is 12.7 Å². The van der Waals surface area contributed by atoms with E-state index >= 15 is 0 Å². The third-order valence-corrected chi connectivity index (χ3v) is 6.15. The lowest BCUT2D eigenvalue weighted by molar-refractivity contribution is -0.137. The summed E-state index contributed by atoms with van der Waals surface area (Å²) in [5.74, 6) is -1.82. The molecule has 1 amide bonds. The number of carbonyl (C=O) groups excluding carboxylic acids is 1. The third-order valence-electron chi connectivity index (χ3n) is 4.78. The number of carboxylic acids is 1. The minimum Gasteiger partial charge on any atom is -0.481 e. The summed E-state index contributed by atoms with van der Waals surface area (Å²) in [6.07, 6.45) is 2.62. The first kappa shape index (κ1) is 22.6. The molecular weight excluding hydrogens is 469 g/mol. The number of aryl methyl sites for hydroxylation is 1. The van der Waals surface area contributed by atoms with Crippen molar-refractivity contribution in [1.82, 2.24) is 14.3 Å². The van der Waals surface area contributed by atoms with E-state index in [0.29, 0.717) is 5.65 Å². The van der Waals surface area contributed by atoms with Crippen LogP contribution in [0.25, 0.3) is 11.7 Å². The standard InChI is InChI=1S/C22H16FN3O5S2/c1-12-3-2-9-25-18(12)24-19(31-14-6-4-13(23)5-7-14)15(20(25)29)11-16-21(30)26(22(32)33-16)10-8-17(27)28/h2-7,9,11H,8,10H2,1H3,(H,27,28)/b16-11-. The van der Waals surface area contributed by atoms with Gasteiger partial charge in [-0.1, -0.05) is 30.0 Å². The van der Waals surface area contributed by atoms with E-state index in [9.17, 15) is 18.8 Å². The monoisotopic (exact) mass is 485 g/mol. The van der Waals surface area contributed by atoms with Gasteiger partial charge in [0.25, 0.3) is 11.5 Å². The van der Waals surface area contributed by atoms with Crippen LogP contribution < -0.4 is 10.3 Å². The molecule has 0 saturated carbocycles. The Morgan fingerprint density at radius 2 is 2.00 bits per heavy atom. The quantitative estimate of drug-likeness (QED) is 0.418. The Kier molecular flexibility index (Phi) is 6.25. The van der Waals surface area contributed by atoms with Gasteiger partial charge in [-0.2, -0.15) is 4.98 Å². The number of aromatic nitrogens is 2. The van der Waals surface area contributed by atoms with Crippen LogP contribution in [-0.4, -0.2) is 42.1 Å². The molecule has 0 radical (unpaired) electrons. The Labute approximate surface area is 196 Å². The van der Waals surface area contributed by atoms with Gasteiger partial charge in [0.05, 0.1) is 11.3 Å². The van der Waals surface area contributed by atoms with Crippen molar-refractivity contribution in [2.45, 2.75) is 13.3 Å². The molecule has 3 aromatic rings. The van der Waals surface area contributed by atoms with Crippen LogP contribution in [0.5, 0.6) is 11.6 Å². The number of halogens is 1. The van der Waals surface area contributed by atoms with Gasteiger partial charge in [0.15, 0.2) is 0 Å². The molecule has 0 unspecified atom stereocenters. The summed E-state index contributed by atoms with van der Waals surface area (Å²) < 4.78 is 20.6. The Hall–Kier alpha value is -3.57. The normalized spacial score (nSPS) is 15.0. The molecule has 1 saturated heterocycles. The minimum absolute atomic E-state index is 0.00107. The van der Waals surface area contributed by atoms with Crippen molar-refractivity contribution in [1.29, 1.82) is 0 Å². The molecule has 1 aliphatic rings. The Balaban J connectivity index is 1.82. The number of aliphatic carboxylic acids is 1. The van der Waals surface area contributed by atoms with E-state index in [4.69, 9.17) is 22.1 Å². The van der Waals surface area contributed by atoms with Crippen LogP contribution in [0.3, 0.4) is 0 Å². The molecule has 2 aromatic heterocycles. The van der Waals surface area contributed by atoms with E-state index in [2.05, 4.69) is 4.98 Å². The summed E-state index contributed by atoms with van der Waals surface area (Å²) >= 11 is 6.17. The van der Waals surface area contributed by atoms with Crippen molar-refractivity contribution >= 4 is 51.9 Å². The van der Waals surface area contributed by atoms with E-state index in [0.717, 1.165) is 17.3 Å². The molecule has 1 aliphatic heterocycles. The van der Waals surface area contributed by atoms with Gasteiger partial charge in [0.2, 0.25) is 5.88 Å². The van der Waals surface area contributed by atoms with Crippen molar-refractivity contribution in [2.75, 3.05) is 6.54 Å². The number of rotatable bonds is 6. The molecule has 1 fully saturated rings. The highest BCUT2D eigenvalue weighted by atomic mass is 32.2. The van der Waals surface area contributed by atoms with Crippen molar-refractivity contribution in [3.05, 3.63) is 74.8 Å². The largest absolute Gasteiger partial charge is 0.481 e. The van der Waals surface area contributed by atoms with E-state index in [1.54, 1.807) is 25.3 Å². The molecule has 1 aromatic carbocycles. The second-order valence-electron chi connectivity index (χ2n) is 7.05. The Bertz CT molecular complexity index is 1390. The SMILES string of the molecule is Cc1cccn2c(=O)c(/C=C3\SC(=S)N(CCC(=O)O)C3=O)c(Oc3ccc(F)cc3)nc12. The van der Waals surface area contributed by atoms with Crippen LogP contribution >= 0.6 is 24.0 Å². The average molecular weight is 486 g/mol. The zero-order valence-corrected chi connectivity index (χ0v) is 18.8. The van der Waals surface area contributed by atoms with Gasteiger partial charge in [0, 0.05) is 12.7 Å². The second-order valence-corrected chi connectivity index (χ2v) is 8.73. The maximum absolute atomic E-state index is 13.3. The van der Waals surface area contributed by atoms with Crippen molar-refractivity contribution in [3.8, 4) is 11.6 Å². The maximum atomic E-state index is 13.3. The highest BCUT2D eigenvalue weighted by molar-refractivity contribution is 8.26. The van der Waals surface area contributed by atoms with Gasteiger partial charge in [-0.25, -0.2) is 4.39 Å². The zero-order valence-electron chi connectivity index (χ0n) is 17.1. The van der Waals surface area contributed by atoms with Crippen LogP contribution in [0.4, 0.5) is 4.39 Å². The number of amides is 1. The molecule has 0 bridgehead atoms. The van der Waals surface area contributed by atoms with Crippen LogP contribution in [0.15, 0.2) is 52.3 Å². The molecule has 1 N–H and O–H groups in total. The maximum Gasteiger partial charge on any atom is 0.305 e. The smallest absolute Gasteiger partial charge is 0.305 e. The number of thioether (sulfide) groups is 1. The van der Waals surface area contributed by atoms with Gasteiger partial charge < -0.3 is 9.84 Å². The van der Waals surface area contributed by atoms with Crippen molar-refractivity contribution in [2.24, 2.45) is 0 Å². The number of pyridine rings is 1. The van der Waals surface area contributed by atoms with Crippen LogP contribution in [-0.2, 0) is 9.59 Å². The summed E-state index contributed by atoms with van der Waals surface area (Å²) in [6.45, 7) is 1.71. The average Bonchev–Trinajstić information content (AvgIpc) is 3.04. The van der Waals surface area contributed by atoms with E-state index in [1.165, 1.54) is 39.6 Å². The number of ether oxygens (including phenoxy) is 1. The van der Waals surface area contributed by atoms with E-state index in [-0.39, 0.29) is 39.4 Å². The second kappa shape index (κ2) is 9.12. The summed E-state index contributed by atoms with van der Waals surface area (Å²) in [7, 11) is 0. The fourth-order valence-corrected chi connectivity index (χ4v) is 4.43. The topological polar surface area (TPSA) is 101 Å². The van der Waals surface area contributed by atoms with E-state index < -0.39 is 23.3 Å². The van der Waals surface area contributed by atoms with Crippen molar-refractivity contribution < 1.29 is 23.8 Å². The van der Waals surface area contributed by atoms with Gasteiger partial charge in [0.1, 0.15) is 27.1 Å².